The van der Waals surface area contributed by atoms with Gasteiger partial charge in [0.25, 0.3) is 0 Å². The van der Waals surface area contributed by atoms with Crippen molar-refractivity contribution in [3.05, 3.63) is 59.9 Å². The summed E-state index contributed by atoms with van der Waals surface area (Å²) in [4.78, 5) is 12.1. The molecule has 0 bridgehead atoms. The molecule has 2 aromatic rings. The maximum atomic E-state index is 13.6. The zero-order valence-electron chi connectivity index (χ0n) is 13.3. The van der Waals surface area contributed by atoms with E-state index in [2.05, 4.69) is 5.32 Å². The molecule has 2 atom stereocenters. The molecule has 0 spiro atoms. The van der Waals surface area contributed by atoms with Crippen LogP contribution in [0.2, 0.25) is 0 Å². The van der Waals surface area contributed by atoms with Crippen molar-refractivity contribution in [3.8, 4) is 5.75 Å². The maximum absolute atomic E-state index is 13.6. The SMILES string of the molecule is C[C@H](CCO)[C@@H](OC(=O)Nc1ccccc1)c1ccc(O)c(F)c1. The van der Waals surface area contributed by atoms with Crippen LogP contribution in [-0.2, 0) is 4.74 Å². The number of nitrogens with one attached hydrogen (secondary N) is 1. The molecule has 24 heavy (non-hydrogen) atoms. The lowest BCUT2D eigenvalue weighted by Gasteiger charge is -2.24. The lowest BCUT2D eigenvalue weighted by molar-refractivity contribution is 0.0665. The van der Waals surface area contributed by atoms with Crippen LogP contribution in [0, 0.1) is 11.7 Å². The highest BCUT2D eigenvalue weighted by molar-refractivity contribution is 5.84. The molecule has 5 nitrogen and oxygen atoms in total. The molecule has 2 aromatic carbocycles. The fourth-order valence-electron chi connectivity index (χ4n) is 2.35. The summed E-state index contributed by atoms with van der Waals surface area (Å²) in [5.41, 5.74) is 0.988. The minimum Gasteiger partial charge on any atom is -0.505 e. The molecule has 0 saturated carbocycles. The van der Waals surface area contributed by atoms with Crippen LogP contribution in [0.5, 0.6) is 5.75 Å². The highest BCUT2D eigenvalue weighted by Crippen LogP contribution is 2.31. The number of carbonyl (C=O) groups excluding carboxylic acids is 1. The highest BCUT2D eigenvalue weighted by Gasteiger charge is 2.24. The van der Waals surface area contributed by atoms with Crippen LogP contribution in [0.25, 0.3) is 0 Å². The van der Waals surface area contributed by atoms with E-state index in [0.717, 1.165) is 6.07 Å². The highest BCUT2D eigenvalue weighted by atomic mass is 19.1. The number of carbonyl (C=O) groups is 1. The molecule has 0 aliphatic heterocycles. The number of phenolic OH excluding ortho intramolecular Hbond substituents is 1. The van der Waals surface area contributed by atoms with Gasteiger partial charge in [0.2, 0.25) is 0 Å². The van der Waals surface area contributed by atoms with Crippen LogP contribution in [0.15, 0.2) is 48.5 Å². The first-order valence-electron chi connectivity index (χ1n) is 7.63. The van der Waals surface area contributed by atoms with Crippen molar-refractivity contribution < 1.29 is 24.1 Å². The summed E-state index contributed by atoms with van der Waals surface area (Å²) in [5, 5.41) is 21.0. The molecule has 0 aromatic heterocycles. The predicted molar refractivity (Wildman–Crippen MR) is 88.2 cm³/mol. The molecule has 3 N–H and O–H groups in total. The molecule has 6 heteroatoms. The molecular weight excluding hydrogens is 313 g/mol. The summed E-state index contributed by atoms with van der Waals surface area (Å²) in [6.45, 7) is 1.71. The van der Waals surface area contributed by atoms with E-state index >= 15 is 0 Å². The number of anilines is 1. The minimum absolute atomic E-state index is 0.0815. The fraction of sp³-hybridized carbons (Fsp3) is 0.278. The number of aromatic hydroxyl groups is 1. The topological polar surface area (TPSA) is 78.8 Å². The number of rotatable bonds is 6. The summed E-state index contributed by atoms with van der Waals surface area (Å²) in [5.74, 6) is -1.50. The third kappa shape index (κ3) is 4.70. The molecule has 0 saturated heterocycles. The van der Waals surface area contributed by atoms with Crippen LogP contribution in [0.3, 0.4) is 0 Å². The van der Waals surface area contributed by atoms with Crippen molar-refractivity contribution in [2.75, 3.05) is 11.9 Å². The quantitative estimate of drug-likeness (QED) is 0.750. The average molecular weight is 333 g/mol. The van der Waals surface area contributed by atoms with Gasteiger partial charge in [0.05, 0.1) is 0 Å². The number of hydrogen-bond donors (Lipinski definition) is 3. The summed E-state index contributed by atoms with van der Waals surface area (Å²) < 4.78 is 19.1. The molecule has 1 amide bonds. The Morgan fingerprint density at radius 2 is 1.96 bits per heavy atom. The largest absolute Gasteiger partial charge is 0.505 e. The van der Waals surface area contributed by atoms with Crippen molar-refractivity contribution in [1.29, 1.82) is 0 Å². The summed E-state index contributed by atoms with van der Waals surface area (Å²) in [6, 6.07) is 12.6. The first-order chi connectivity index (χ1) is 11.5. The van der Waals surface area contributed by atoms with Gasteiger partial charge in [-0.3, -0.25) is 5.32 Å². The molecule has 0 aliphatic rings. The standard InChI is InChI=1S/C18H20FNO4/c1-12(9-10-21)17(13-7-8-16(22)15(19)11-13)24-18(23)20-14-5-3-2-4-6-14/h2-8,11-12,17,21-22H,9-10H2,1H3,(H,20,23)/t12-,17-/m1/s1. The van der Waals surface area contributed by atoms with E-state index in [1.54, 1.807) is 31.2 Å². The number of aliphatic hydroxyl groups excluding tert-OH is 1. The van der Waals surface area contributed by atoms with Crippen molar-refractivity contribution in [2.45, 2.75) is 19.4 Å². The first-order valence-corrected chi connectivity index (χ1v) is 7.63. The molecule has 0 unspecified atom stereocenters. The van der Waals surface area contributed by atoms with Gasteiger partial charge in [-0.1, -0.05) is 31.2 Å². The fourth-order valence-corrected chi connectivity index (χ4v) is 2.35. The zero-order chi connectivity index (χ0) is 17.5. The van der Waals surface area contributed by atoms with Crippen molar-refractivity contribution >= 4 is 11.8 Å². The van der Waals surface area contributed by atoms with Gasteiger partial charge in [0.1, 0.15) is 6.10 Å². The lowest BCUT2D eigenvalue weighted by Crippen LogP contribution is -2.22. The second-order valence-corrected chi connectivity index (χ2v) is 5.52. The number of hydrogen-bond acceptors (Lipinski definition) is 4. The molecule has 128 valence electrons. The summed E-state index contributed by atoms with van der Waals surface area (Å²) >= 11 is 0. The van der Waals surface area contributed by atoms with E-state index in [0.29, 0.717) is 17.7 Å². The van der Waals surface area contributed by atoms with Crippen LogP contribution < -0.4 is 5.32 Å². The van der Waals surface area contributed by atoms with Crippen molar-refractivity contribution in [2.24, 2.45) is 5.92 Å². The van der Waals surface area contributed by atoms with Gasteiger partial charge < -0.3 is 14.9 Å². The smallest absolute Gasteiger partial charge is 0.412 e. The second-order valence-electron chi connectivity index (χ2n) is 5.52. The Morgan fingerprint density at radius 3 is 2.58 bits per heavy atom. The average Bonchev–Trinajstić information content (AvgIpc) is 2.56. The van der Waals surface area contributed by atoms with E-state index in [1.807, 2.05) is 6.07 Å². The number of amides is 1. The molecule has 0 radical (unpaired) electrons. The van der Waals surface area contributed by atoms with Crippen LogP contribution in [0.4, 0.5) is 14.9 Å². The Bertz CT molecular complexity index is 678. The number of aliphatic hydroxyl groups is 1. The second kappa shape index (κ2) is 8.31. The van der Waals surface area contributed by atoms with E-state index in [-0.39, 0.29) is 12.5 Å². The Kier molecular flexibility index (Phi) is 6.14. The van der Waals surface area contributed by atoms with Gasteiger partial charge in [-0.15, -0.1) is 0 Å². The van der Waals surface area contributed by atoms with Crippen LogP contribution >= 0.6 is 0 Å². The summed E-state index contributed by atoms with van der Waals surface area (Å²) in [6.07, 6.45) is -1.05. The molecule has 0 heterocycles. The van der Waals surface area contributed by atoms with Crippen molar-refractivity contribution in [1.82, 2.24) is 0 Å². The third-order valence-corrected chi connectivity index (χ3v) is 3.66. The molecule has 0 fully saturated rings. The minimum atomic E-state index is -0.791. The van der Waals surface area contributed by atoms with Crippen LogP contribution in [0.1, 0.15) is 25.0 Å². The Labute approximate surface area is 139 Å². The van der Waals surface area contributed by atoms with Gasteiger partial charge in [0.15, 0.2) is 11.6 Å². The zero-order valence-corrected chi connectivity index (χ0v) is 13.3. The Balaban J connectivity index is 2.16. The number of halogens is 1. The van der Waals surface area contributed by atoms with Gasteiger partial charge >= 0.3 is 6.09 Å². The Hall–Kier alpha value is -2.60. The number of para-hydroxylation sites is 1. The maximum Gasteiger partial charge on any atom is 0.412 e. The molecule has 2 rings (SSSR count). The predicted octanol–water partition coefficient (Wildman–Crippen LogP) is 3.84. The van der Waals surface area contributed by atoms with Crippen LogP contribution in [-0.4, -0.2) is 22.9 Å². The normalized spacial score (nSPS) is 13.1. The van der Waals surface area contributed by atoms with E-state index in [4.69, 9.17) is 9.84 Å². The van der Waals surface area contributed by atoms with E-state index < -0.39 is 23.8 Å². The van der Waals surface area contributed by atoms with Gasteiger partial charge in [-0.25, -0.2) is 9.18 Å². The number of ether oxygens (including phenoxy) is 1. The van der Waals surface area contributed by atoms with Gasteiger partial charge in [0, 0.05) is 12.3 Å². The van der Waals surface area contributed by atoms with Gasteiger partial charge in [-0.2, -0.15) is 0 Å². The summed E-state index contributed by atoms with van der Waals surface area (Å²) in [7, 11) is 0. The monoisotopic (exact) mass is 333 g/mol. The first kappa shape index (κ1) is 17.7. The molecule has 0 aliphatic carbocycles. The number of phenols is 1. The lowest BCUT2D eigenvalue weighted by atomic mass is 9.94. The van der Waals surface area contributed by atoms with Gasteiger partial charge in [-0.05, 0) is 42.2 Å². The Morgan fingerprint density at radius 1 is 1.25 bits per heavy atom. The third-order valence-electron chi connectivity index (χ3n) is 3.66. The van der Waals surface area contributed by atoms with E-state index in [1.165, 1.54) is 12.1 Å². The number of benzene rings is 2. The van der Waals surface area contributed by atoms with E-state index in [9.17, 15) is 14.3 Å². The molecular formula is C18H20FNO4. The van der Waals surface area contributed by atoms with Crippen molar-refractivity contribution in [3.63, 3.8) is 0 Å².